The molecule has 2 aliphatic rings. The minimum atomic E-state index is -0.187. The lowest BCUT2D eigenvalue weighted by Crippen LogP contribution is -2.44. The molecule has 0 bridgehead atoms. The maximum atomic E-state index is 12.1. The monoisotopic (exact) mass is 292 g/mol. The normalized spacial score (nSPS) is 19.8. The van der Waals surface area contributed by atoms with Gasteiger partial charge in [-0.25, -0.2) is 4.79 Å². The largest absolute Gasteiger partial charge is 0.508 e. The summed E-state index contributed by atoms with van der Waals surface area (Å²) in [6, 6.07) is 14.9. The Kier molecular flexibility index (Phi) is 2.89. The number of phenolic OH excluding ortho intramolecular Hbond substituents is 1. The second kappa shape index (κ2) is 4.91. The first kappa shape index (κ1) is 13.0. The molecule has 0 saturated carbocycles. The van der Waals surface area contributed by atoms with Crippen LogP contribution in [0.3, 0.4) is 0 Å². The number of urea groups is 1. The van der Waals surface area contributed by atoms with Crippen LogP contribution >= 0.6 is 0 Å². The van der Waals surface area contributed by atoms with Crippen LogP contribution in [0.1, 0.15) is 29.2 Å². The highest BCUT2D eigenvalue weighted by Crippen LogP contribution is 2.38. The summed E-state index contributed by atoms with van der Waals surface area (Å²) >= 11 is 0. The topological polar surface area (TPSA) is 61.4 Å². The van der Waals surface area contributed by atoms with Gasteiger partial charge in [-0.2, -0.15) is 0 Å². The van der Waals surface area contributed by atoms with Gasteiger partial charge >= 0.3 is 6.03 Å². The standard InChI is InChI=1S/C18H16N2O2/c21-13-8-5-12(6-9-13)16-15-10-7-11-3-1-2-4-14(11)17(15)20-18(22)19-16/h1-6,8-9,16,21H,7,10H2,(H2,19,20,22). The fraction of sp³-hybridized carbons (Fsp3) is 0.167. The highest BCUT2D eigenvalue weighted by Gasteiger charge is 2.31. The quantitative estimate of drug-likeness (QED) is 0.756. The van der Waals surface area contributed by atoms with Gasteiger partial charge in [-0.05, 0) is 41.7 Å². The smallest absolute Gasteiger partial charge is 0.319 e. The Morgan fingerprint density at radius 1 is 1.00 bits per heavy atom. The van der Waals surface area contributed by atoms with Crippen LogP contribution in [0.25, 0.3) is 5.70 Å². The highest BCUT2D eigenvalue weighted by atomic mass is 16.3. The molecule has 0 radical (unpaired) electrons. The summed E-state index contributed by atoms with van der Waals surface area (Å²) in [7, 11) is 0. The predicted octanol–water partition coefficient (Wildman–Crippen LogP) is 3.10. The molecule has 22 heavy (non-hydrogen) atoms. The van der Waals surface area contributed by atoms with E-state index in [0.29, 0.717) is 0 Å². The summed E-state index contributed by atoms with van der Waals surface area (Å²) in [6.07, 6.45) is 1.88. The van der Waals surface area contributed by atoms with E-state index in [-0.39, 0.29) is 17.8 Å². The SMILES string of the molecule is O=C1NC2=C(CCc3ccccc32)C(c2ccc(O)cc2)N1. The van der Waals surface area contributed by atoms with Crippen LogP contribution in [-0.2, 0) is 6.42 Å². The summed E-state index contributed by atoms with van der Waals surface area (Å²) < 4.78 is 0. The zero-order valence-electron chi connectivity index (χ0n) is 12.0. The number of nitrogens with one attached hydrogen (secondary N) is 2. The van der Waals surface area contributed by atoms with E-state index in [0.717, 1.165) is 29.7 Å². The minimum absolute atomic E-state index is 0.141. The van der Waals surface area contributed by atoms with Crippen molar-refractivity contribution in [1.82, 2.24) is 10.6 Å². The number of aryl methyl sites for hydroxylation is 1. The molecule has 1 atom stereocenters. The first-order chi connectivity index (χ1) is 10.7. The molecule has 0 fully saturated rings. The molecule has 0 saturated heterocycles. The number of carbonyl (C=O) groups is 1. The number of rotatable bonds is 1. The van der Waals surface area contributed by atoms with Crippen LogP contribution in [0.15, 0.2) is 54.1 Å². The number of hydrogen-bond donors (Lipinski definition) is 3. The molecular weight excluding hydrogens is 276 g/mol. The maximum Gasteiger partial charge on any atom is 0.319 e. The number of phenols is 1. The molecule has 3 N–H and O–H groups in total. The third kappa shape index (κ3) is 2.04. The van der Waals surface area contributed by atoms with Crippen molar-refractivity contribution in [2.24, 2.45) is 0 Å². The number of hydrogen-bond acceptors (Lipinski definition) is 2. The molecule has 0 spiro atoms. The summed E-state index contributed by atoms with van der Waals surface area (Å²) in [5, 5.41) is 15.4. The lowest BCUT2D eigenvalue weighted by atomic mass is 9.83. The fourth-order valence-corrected chi connectivity index (χ4v) is 3.30. The van der Waals surface area contributed by atoms with E-state index in [1.807, 2.05) is 24.3 Å². The number of benzene rings is 2. The van der Waals surface area contributed by atoms with Crippen LogP contribution in [0, 0.1) is 0 Å². The van der Waals surface area contributed by atoms with Crippen molar-refractivity contribution in [1.29, 1.82) is 0 Å². The number of amides is 2. The average Bonchev–Trinajstić information content (AvgIpc) is 2.55. The van der Waals surface area contributed by atoms with Crippen molar-refractivity contribution in [3.8, 4) is 5.75 Å². The maximum absolute atomic E-state index is 12.1. The van der Waals surface area contributed by atoms with Crippen LogP contribution < -0.4 is 10.6 Å². The Morgan fingerprint density at radius 3 is 2.59 bits per heavy atom. The first-order valence-electron chi connectivity index (χ1n) is 7.40. The van der Waals surface area contributed by atoms with Crippen LogP contribution in [0.4, 0.5) is 4.79 Å². The molecule has 1 unspecified atom stereocenters. The van der Waals surface area contributed by atoms with Crippen molar-refractivity contribution in [3.05, 3.63) is 70.8 Å². The average molecular weight is 292 g/mol. The lowest BCUT2D eigenvalue weighted by Gasteiger charge is -2.34. The van der Waals surface area contributed by atoms with Crippen molar-refractivity contribution in [3.63, 3.8) is 0 Å². The van der Waals surface area contributed by atoms with Gasteiger partial charge in [-0.15, -0.1) is 0 Å². The summed E-state index contributed by atoms with van der Waals surface area (Å²) in [5.74, 6) is 0.229. The van der Waals surface area contributed by atoms with Gasteiger partial charge in [-0.3, -0.25) is 0 Å². The van der Waals surface area contributed by atoms with Crippen molar-refractivity contribution in [2.75, 3.05) is 0 Å². The third-order valence-electron chi connectivity index (χ3n) is 4.36. The molecule has 4 rings (SSSR count). The van der Waals surface area contributed by atoms with Crippen LogP contribution in [-0.4, -0.2) is 11.1 Å². The van der Waals surface area contributed by atoms with E-state index in [9.17, 15) is 9.90 Å². The highest BCUT2D eigenvalue weighted by molar-refractivity contribution is 5.91. The molecule has 2 amide bonds. The zero-order valence-corrected chi connectivity index (χ0v) is 12.0. The van der Waals surface area contributed by atoms with Gasteiger partial charge in [0.05, 0.1) is 11.7 Å². The van der Waals surface area contributed by atoms with E-state index >= 15 is 0 Å². The molecule has 2 aromatic rings. The van der Waals surface area contributed by atoms with Crippen LogP contribution in [0.5, 0.6) is 5.75 Å². The van der Waals surface area contributed by atoms with Gasteiger partial charge in [0.15, 0.2) is 0 Å². The molecule has 110 valence electrons. The van der Waals surface area contributed by atoms with E-state index in [1.54, 1.807) is 12.1 Å². The van der Waals surface area contributed by atoms with E-state index in [4.69, 9.17) is 0 Å². The molecule has 2 aromatic carbocycles. The molecular formula is C18H16N2O2. The van der Waals surface area contributed by atoms with Gasteiger partial charge in [-0.1, -0.05) is 36.4 Å². The molecule has 1 aliphatic carbocycles. The molecule has 1 heterocycles. The number of carbonyl (C=O) groups excluding carboxylic acids is 1. The van der Waals surface area contributed by atoms with Crippen molar-refractivity contribution >= 4 is 11.7 Å². The number of fused-ring (bicyclic) bond motifs is 2. The Morgan fingerprint density at radius 2 is 1.77 bits per heavy atom. The Bertz CT molecular complexity index is 778. The minimum Gasteiger partial charge on any atom is -0.508 e. The van der Waals surface area contributed by atoms with Crippen molar-refractivity contribution in [2.45, 2.75) is 18.9 Å². The molecule has 1 aliphatic heterocycles. The molecule has 4 heteroatoms. The lowest BCUT2D eigenvalue weighted by molar-refractivity contribution is 0.240. The second-order valence-corrected chi connectivity index (χ2v) is 5.68. The fourth-order valence-electron chi connectivity index (χ4n) is 3.30. The molecule has 0 aromatic heterocycles. The van der Waals surface area contributed by atoms with E-state index < -0.39 is 0 Å². The van der Waals surface area contributed by atoms with Gasteiger partial charge in [0.2, 0.25) is 0 Å². The van der Waals surface area contributed by atoms with Crippen LogP contribution in [0.2, 0.25) is 0 Å². The van der Waals surface area contributed by atoms with Gasteiger partial charge in [0.1, 0.15) is 5.75 Å². The zero-order chi connectivity index (χ0) is 15.1. The van der Waals surface area contributed by atoms with Gasteiger partial charge in [0.25, 0.3) is 0 Å². The summed E-state index contributed by atoms with van der Waals surface area (Å²) in [6.45, 7) is 0. The Balaban J connectivity index is 1.84. The Labute approximate surface area is 128 Å². The summed E-state index contributed by atoms with van der Waals surface area (Å²) in [5.41, 5.74) is 5.50. The first-order valence-corrected chi connectivity index (χ1v) is 7.40. The van der Waals surface area contributed by atoms with Gasteiger partial charge < -0.3 is 15.7 Å². The third-order valence-corrected chi connectivity index (χ3v) is 4.36. The van der Waals surface area contributed by atoms with E-state index in [2.05, 4.69) is 22.8 Å². The van der Waals surface area contributed by atoms with E-state index in [1.165, 1.54) is 11.1 Å². The van der Waals surface area contributed by atoms with Gasteiger partial charge in [0, 0.05) is 5.56 Å². The molecule has 4 nitrogen and oxygen atoms in total. The van der Waals surface area contributed by atoms with Crippen molar-refractivity contribution < 1.29 is 9.90 Å². The Hall–Kier alpha value is -2.75. The number of aromatic hydroxyl groups is 1. The second-order valence-electron chi connectivity index (χ2n) is 5.68. The summed E-state index contributed by atoms with van der Waals surface area (Å²) in [4.78, 5) is 12.1. The predicted molar refractivity (Wildman–Crippen MR) is 84.2 cm³/mol.